The number of rotatable bonds is 5. The molecule has 1 aliphatic rings. The summed E-state index contributed by atoms with van der Waals surface area (Å²) in [6, 6.07) is 6.52. The maximum absolute atomic E-state index is 12.8. The minimum absolute atomic E-state index is 0.129. The van der Waals surface area contributed by atoms with Gasteiger partial charge in [-0.1, -0.05) is 45.0 Å². The molecule has 37 heavy (non-hydrogen) atoms. The minimum Gasteiger partial charge on any atom is -0.475 e. The number of likely N-dealkylation sites (tertiary alicyclic amines) is 1. The van der Waals surface area contributed by atoms with E-state index < -0.39 is 35.7 Å². The zero-order valence-corrected chi connectivity index (χ0v) is 21.7. The topological polar surface area (TPSA) is 146 Å². The van der Waals surface area contributed by atoms with Gasteiger partial charge in [-0.05, 0) is 23.5 Å². The molecule has 1 fully saturated rings. The Kier molecular flexibility index (Phi) is 9.80. The molecule has 204 valence electrons. The molecule has 0 spiro atoms. The summed E-state index contributed by atoms with van der Waals surface area (Å²) in [7, 11) is 0. The van der Waals surface area contributed by atoms with Crippen LogP contribution in [0.3, 0.4) is 0 Å². The molecule has 0 radical (unpaired) electrons. The van der Waals surface area contributed by atoms with Gasteiger partial charge in [-0.15, -0.1) is 11.3 Å². The molecular weight excluding hydrogens is 513 g/mol. The number of aliphatic carboxylic acids is 1. The molecule has 3 rings (SSSR count). The van der Waals surface area contributed by atoms with Crippen molar-refractivity contribution in [3.63, 3.8) is 0 Å². The lowest BCUT2D eigenvalue weighted by Crippen LogP contribution is -2.54. The van der Waals surface area contributed by atoms with Gasteiger partial charge in [0.25, 0.3) is 0 Å². The predicted molar refractivity (Wildman–Crippen MR) is 131 cm³/mol. The van der Waals surface area contributed by atoms with Crippen molar-refractivity contribution in [2.24, 2.45) is 11.1 Å². The van der Waals surface area contributed by atoms with Crippen LogP contribution in [0.1, 0.15) is 38.4 Å². The van der Waals surface area contributed by atoms with Crippen LogP contribution in [0.5, 0.6) is 0 Å². The van der Waals surface area contributed by atoms with Crippen molar-refractivity contribution in [3.8, 4) is 10.4 Å². The van der Waals surface area contributed by atoms with E-state index in [-0.39, 0.29) is 24.8 Å². The van der Waals surface area contributed by atoms with Crippen molar-refractivity contribution in [1.29, 1.82) is 0 Å². The summed E-state index contributed by atoms with van der Waals surface area (Å²) in [6.07, 6.45) is -5.59. The van der Waals surface area contributed by atoms with E-state index in [0.717, 1.165) is 21.7 Å². The summed E-state index contributed by atoms with van der Waals surface area (Å²) < 4.78 is 31.7. The first-order chi connectivity index (χ1) is 17.0. The van der Waals surface area contributed by atoms with Crippen LogP contribution in [0.2, 0.25) is 0 Å². The van der Waals surface area contributed by atoms with Crippen LogP contribution < -0.4 is 11.1 Å². The Morgan fingerprint density at radius 3 is 2.24 bits per heavy atom. The first kappa shape index (κ1) is 30.2. The van der Waals surface area contributed by atoms with Crippen molar-refractivity contribution in [1.82, 2.24) is 15.2 Å². The van der Waals surface area contributed by atoms with Crippen LogP contribution in [0, 0.1) is 12.3 Å². The Balaban J connectivity index is 0.000000604. The van der Waals surface area contributed by atoms with Crippen molar-refractivity contribution in [2.75, 3.05) is 6.54 Å². The van der Waals surface area contributed by atoms with Gasteiger partial charge < -0.3 is 26.2 Å². The Hall–Kier alpha value is -3.03. The SMILES string of the molecule is Cc1ncsc1-c1ccc(CNC(=O)[C@@H]2C[C@H](O)CN2C(=O)[C@@H](N)C(C)(C)C)cc1.O=C(O)C(F)(F)F. The van der Waals surface area contributed by atoms with Crippen LogP contribution in [0.15, 0.2) is 29.8 Å². The molecule has 0 aliphatic carbocycles. The lowest BCUT2D eigenvalue weighted by Gasteiger charge is -2.32. The van der Waals surface area contributed by atoms with Gasteiger partial charge in [-0.25, -0.2) is 9.78 Å². The molecule has 5 N–H and O–H groups in total. The Morgan fingerprint density at radius 1 is 1.22 bits per heavy atom. The number of aryl methyl sites for hydroxylation is 1. The van der Waals surface area contributed by atoms with Gasteiger partial charge in [-0.2, -0.15) is 13.2 Å². The number of carboxylic acid groups (broad SMARTS) is 1. The highest BCUT2D eigenvalue weighted by molar-refractivity contribution is 7.13. The van der Waals surface area contributed by atoms with Crippen molar-refractivity contribution in [2.45, 2.75) is 65.0 Å². The molecule has 3 atom stereocenters. The Labute approximate surface area is 216 Å². The smallest absolute Gasteiger partial charge is 0.475 e. The monoisotopic (exact) mass is 544 g/mol. The van der Waals surface area contributed by atoms with Gasteiger partial charge in [0.1, 0.15) is 6.04 Å². The molecule has 1 aliphatic heterocycles. The maximum Gasteiger partial charge on any atom is 0.490 e. The zero-order chi connectivity index (χ0) is 28.1. The molecule has 9 nitrogen and oxygen atoms in total. The maximum atomic E-state index is 12.8. The molecule has 0 unspecified atom stereocenters. The summed E-state index contributed by atoms with van der Waals surface area (Å²) in [5.41, 5.74) is 10.6. The van der Waals surface area contributed by atoms with Gasteiger partial charge >= 0.3 is 12.1 Å². The van der Waals surface area contributed by atoms with Gasteiger partial charge in [0.05, 0.1) is 28.2 Å². The number of hydrogen-bond donors (Lipinski definition) is 4. The van der Waals surface area contributed by atoms with Crippen LogP contribution in [-0.2, 0) is 20.9 Å². The van der Waals surface area contributed by atoms with E-state index in [1.165, 1.54) is 4.90 Å². The van der Waals surface area contributed by atoms with Gasteiger partial charge in [-0.3, -0.25) is 9.59 Å². The number of nitrogens with zero attached hydrogens (tertiary/aromatic N) is 2. The number of nitrogens with two attached hydrogens (primary N) is 1. The van der Waals surface area contributed by atoms with Gasteiger partial charge in [0.15, 0.2) is 0 Å². The lowest BCUT2D eigenvalue weighted by atomic mass is 9.86. The second-order valence-electron chi connectivity index (χ2n) is 9.72. The second-order valence-corrected chi connectivity index (χ2v) is 10.6. The molecule has 2 amide bonds. The zero-order valence-electron chi connectivity index (χ0n) is 20.9. The van der Waals surface area contributed by atoms with E-state index in [2.05, 4.69) is 10.3 Å². The second kappa shape index (κ2) is 12.0. The highest BCUT2D eigenvalue weighted by Gasteiger charge is 2.42. The van der Waals surface area contributed by atoms with E-state index in [1.54, 1.807) is 11.3 Å². The number of nitrogens with one attached hydrogen (secondary N) is 1. The number of aliphatic hydroxyl groups is 1. The number of aromatic nitrogens is 1. The molecular formula is C24H31F3N4O5S. The normalized spacial score (nSPS) is 18.6. The molecule has 2 aromatic rings. The number of carbonyl (C=O) groups excluding carboxylic acids is 2. The van der Waals surface area contributed by atoms with Gasteiger partial charge in [0.2, 0.25) is 11.8 Å². The molecule has 1 aromatic heterocycles. The third-order valence-corrected chi connectivity index (χ3v) is 6.71. The molecule has 13 heteroatoms. The number of hydrogen-bond acceptors (Lipinski definition) is 7. The first-order valence-electron chi connectivity index (χ1n) is 11.3. The quantitative estimate of drug-likeness (QED) is 0.453. The van der Waals surface area contributed by atoms with E-state index in [1.807, 2.05) is 57.5 Å². The number of carboxylic acids is 1. The molecule has 0 saturated carbocycles. The summed E-state index contributed by atoms with van der Waals surface area (Å²) in [5.74, 6) is -3.33. The highest BCUT2D eigenvalue weighted by atomic mass is 32.1. The van der Waals surface area contributed by atoms with Crippen LogP contribution in [0.25, 0.3) is 10.4 Å². The molecule has 2 heterocycles. The number of thiazole rings is 1. The molecule has 1 aromatic carbocycles. The standard InChI is InChI=1S/C22H30N4O3S.C2HF3O2/c1-13-18(30-12-25-13)15-7-5-14(6-8-15)10-24-20(28)17-9-16(27)11-26(17)21(29)19(23)22(2,3)4;3-2(4,5)1(6)7/h5-8,12,16-17,19,27H,9-11,23H2,1-4H3,(H,24,28);(H,6,7)/t16-,17-,19+;/m0./s1. The third-order valence-electron chi connectivity index (χ3n) is 5.73. The van der Waals surface area contributed by atoms with Crippen LogP contribution in [0.4, 0.5) is 13.2 Å². The summed E-state index contributed by atoms with van der Waals surface area (Å²) in [5, 5.41) is 20.1. The van der Waals surface area contributed by atoms with E-state index in [9.17, 15) is 27.9 Å². The number of aliphatic hydroxyl groups excluding tert-OH is 1. The Morgan fingerprint density at radius 2 is 1.78 bits per heavy atom. The number of alkyl halides is 3. The van der Waals surface area contributed by atoms with Crippen molar-refractivity contribution < 1.29 is 37.8 Å². The molecule has 1 saturated heterocycles. The number of halogens is 3. The average Bonchev–Trinajstić information content (AvgIpc) is 3.41. The van der Waals surface area contributed by atoms with Crippen molar-refractivity contribution in [3.05, 3.63) is 41.0 Å². The number of amides is 2. The fraction of sp³-hybridized carbons (Fsp3) is 0.500. The average molecular weight is 545 g/mol. The predicted octanol–water partition coefficient (Wildman–Crippen LogP) is 2.70. The summed E-state index contributed by atoms with van der Waals surface area (Å²) in [4.78, 5) is 41.3. The fourth-order valence-corrected chi connectivity index (χ4v) is 4.33. The van der Waals surface area contributed by atoms with Crippen LogP contribution in [-0.4, -0.2) is 68.8 Å². The highest BCUT2D eigenvalue weighted by Crippen LogP contribution is 2.27. The van der Waals surface area contributed by atoms with Crippen molar-refractivity contribution >= 4 is 29.1 Å². The fourth-order valence-electron chi connectivity index (χ4n) is 3.51. The summed E-state index contributed by atoms with van der Waals surface area (Å²) in [6.45, 7) is 8.11. The van der Waals surface area contributed by atoms with E-state index in [0.29, 0.717) is 6.54 Å². The largest absolute Gasteiger partial charge is 0.490 e. The Bertz CT molecular complexity index is 1100. The lowest BCUT2D eigenvalue weighted by molar-refractivity contribution is -0.192. The number of β-amino-alcohol motifs (C(OH)–C–C–N with tert-alkyl or cyclic N) is 1. The molecule has 0 bridgehead atoms. The van der Waals surface area contributed by atoms with Crippen LogP contribution >= 0.6 is 11.3 Å². The van der Waals surface area contributed by atoms with Gasteiger partial charge in [0, 0.05) is 19.5 Å². The minimum atomic E-state index is -5.08. The number of carbonyl (C=O) groups is 3. The summed E-state index contributed by atoms with van der Waals surface area (Å²) >= 11 is 1.60. The number of benzene rings is 1. The van der Waals surface area contributed by atoms with E-state index in [4.69, 9.17) is 15.6 Å². The van der Waals surface area contributed by atoms with E-state index >= 15 is 0 Å². The third kappa shape index (κ3) is 8.23. The first-order valence-corrected chi connectivity index (χ1v) is 12.2.